The van der Waals surface area contributed by atoms with Gasteiger partial charge in [0, 0.05) is 15.8 Å². The lowest BCUT2D eigenvalue weighted by Gasteiger charge is -2.26. The molecule has 1 saturated heterocycles. The van der Waals surface area contributed by atoms with Gasteiger partial charge < -0.3 is 4.74 Å². The Morgan fingerprint density at radius 2 is 2.19 bits per heavy atom. The standard InChI is InChI=1S/C15H16BrNO4/c16-14(8-11-4-2-1-3-5-11)12(9-17(19)20)13-10-21-7-6-15(13)18/h1-5,8,12-13H,6-7,9-10H2/b14-8-/t12-,13+/m1/s1. The van der Waals surface area contributed by atoms with Crippen molar-refractivity contribution in [1.82, 2.24) is 0 Å². The molecule has 0 bridgehead atoms. The third kappa shape index (κ3) is 4.47. The molecule has 0 amide bonds. The molecule has 1 aromatic carbocycles. The van der Waals surface area contributed by atoms with Crippen molar-refractivity contribution in [1.29, 1.82) is 0 Å². The molecular formula is C15H16BrNO4. The van der Waals surface area contributed by atoms with Crippen LogP contribution in [0.25, 0.3) is 6.08 Å². The van der Waals surface area contributed by atoms with Gasteiger partial charge in [-0.05, 0) is 11.6 Å². The van der Waals surface area contributed by atoms with Gasteiger partial charge in [0.05, 0.1) is 25.0 Å². The van der Waals surface area contributed by atoms with Crippen LogP contribution in [0.15, 0.2) is 34.8 Å². The molecule has 1 aromatic rings. The molecule has 1 heterocycles. The molecule has 0 N–H and O–H groups in total. The predicted octanol–water partition coefficient (Wildman–Crippen LogP) is 2.92. The van der Waals surface area contributed by atoms with E-state index < -0.39 is 11.8 Å². The van der Waals surface area contributed by atoms with Crippen LogP contribution in [-0.4, -0.2) is 30.5 Å². The first-order valence-electron chi connectivity index (χ1n) is 6.72. The third-order valence-corrected chi connectivity index (χ3v) is 4.31. The van der Waals surface area contributed by atoms with Crippen LogP contribution < -0.4 is 0 Å². The molecule has 0 aliphatic carbocycles. The van der Waals surface area contributed by atoms with Crippen molar-refractivity contribution in [3.8, 4) is 0 Å². The second-order valence-electron chi connectivity index (χ2n) is 4.96. The van der Waals surface area contributed by atoms with Crippen LogP contribution >= 0.6 is 15.9 Å². The molecule has 21 heavy (non-hydrogen) atoms. The number of halogens is 1. The number of rotatable bonds is 5. The van der Waals surface area contributed by atoms with Crippen molar-refractivity contribution in [2.24, 2.45) is 11.8 Å². The molecule has 0 saturated carbocycles. The Labute approximate surface area is 131 Å². The molecule has 6 heteroatoms. The second kappa shape index (κ2) is 7.47. The van der Waals surface area contributed by atoms with Gasteiger partial charge in [-0.2, -0.15) is 0 Å². The lowest BCUT2D eigenvalue weighted by Crippen LogP contribution is -2.36. The Morgan fingerprint density at radius 1 is 1.48 bits per heavy atom. The van der Waals surface area contributed by atoms with Crippen molar-refractivity contribution in [2.75, 3.05) is 19.8 Å². The zero-order chi connectivity index (χ0) is 15.2. The number of nitro groups is 1. The number of benzene rings is 1. The van der Waals surface area contributed by atoms with Crippen molar-refractivity contribution in [2.45, 2.75) is 6.42 Å². The number of ketones is 1. The smallest absolute Gasteiger partial charge is 0.211 e. The fourth-order valence-corrected chi connectivity index (χ4v) is 3.11. The summed E-state index contributed by atoms with van der Waals surface area (Å²) >= 11 is 3.42. The molecule has 1 fully saturated rings. The number of hydrogen-bond donors (Lipinski definition) is 0. The van der Waals surface area contributed by atoms with E-state index in [2.05, 4.69) is 15.9 Å². The topological polar surface area (TPSA) is 69.4 Å². The fourth-order valence-electron chi connectivity index (χ4n) is 2.38. The average Bonchev–Trinajstić information content (AvgIpc) is 2.46. The van der Waals surface area contributed by atoms with Gasteiger partial charge in [0.25, 0.3) is 0 Å². The van der Waals surface area contributed by atoms with Crippen LogP contribution in [0, 0.1) is 22.0 Å². The van der Waals surface area contributed by atoms with Gasteiger partial charge in [0.2, 0.25) is 6.54 Å². The molecule has 0 radical (unpaired) electrons. The van der Waals surface area contributed by atoms with E-state index in [0.717, 1.165) is 5.56 Å². The summed E-state index contributed by atoms with van der Waals surface area (Å²) in [5.74, 6) is -0.919. The zero-order valence-corrected chi connectivity index (χ0v) is 13.0. The number of ether oxygens (including phenoxy) is 1. The largest absolute Gasteiger partial charge is 0.380 e. The van der Waals surface area contributed by atoms with E-state index in [1.54, 1.807) is 0 Å². The van der Waals surface area contributed by atoms with Gasteiger partial charge in [-0.15, -0.1) is 0 Å². The first kappa shape index (κ1) is 15.9. The van der Waals surface area contributed by atoms with E-state index in [-0.39, 0.29) is 23.9 Å². The van der Waals surface area contributed by atoms with Gasteiger partial charge >= 0.3 is 0 Å². The number of Topliss-reactive ketones (excluding diaryl/α,β-unsaturated/α-hetero) is 1. The average molecular weight is 354 g/mol. The molecule has 112 valence electrons. The fraction of sp³-hybridized carbons (Fsp3) is 0.400. The van der Waals surface area contributed by atoms with Gasteiger partial charge in [0.1, 0.15) is 5.78 Å². The van der Waals surface area contributed by atoms with Gasteiger partial charge in [-0.25, -0.2) is 0 Å². The molecule has 2 rings (SSSR count). The van der Waals surface area contributed by atoms with Crippen LogP contribution in [0.3, 0.4) is 0 Å². The van der Waals surface area contributed by atoms with Crippen LogP contribution in [0.4, 0.5) is 0 Å². The Hall–Kier alpha value is -1.53. The van der Waals surface area contributed by atoms with Crippen LogP contribution in [0.5, 0.6) is 0 Å². The zero-order valence-electron chi connectivity index (χ0n) is 11.4. The molecule has 2 atom stereocenters. The molecule has 0 unspecified atom stereocenters. The summed E-state index contributed by atoms with van der Waals surface area (Å²) < 4.78 is 5.99. The second-order valence-corrected chi connectivity index (χ2v) is 5.88. The van der Waals surface area contributed by atoms with Gasteiger partial charge in [-0.3, -0.25) is 14.9 Å². The molecule has 5 nitrogen and oxygen atoms in total. The van der Waals surface area contributed by atoms with Crippen molar-refractivity contribution < 1.29 is 14.5 Å². The summed E-state index contributed by atoms with van der Waals surface area (Å²) in [6.07, 6.45) is 2.15. The molecule has 0 spiro atoms. The third-order valence-electron chi connectivity index (χ3n) is 3.49. The highest BCUT2D eigenvalue weighted by Gasteiger charge is 2.35. The van der Waals surface area contributed by atoms with Crippen molar-refractivity contribution in [3.63, 3.8) is 0 Å². The summed E-state index contributed by atoms with van der Waals surface area (Å²) in [5, 5.41) is 10.9. The summed E-state index contributed by atoms with van der Waals surface area (Å²) in [5.41, 5.74) is 0.932. The molecule has 1 aliphatic heterocycles. The summed E-state index contributed by atoms with van der Waals surface area (Å²) in [4.78, 5) is 22.6. The highest BCUT2D eigenvalue weighted by Crippen LogP contribution is 2.31. The minimum atomic E-state index is -0.493. The first-order chi connectivity index (χ1) is 10.1. The van der Waals surface area contributed by atoms with Crippen molar-refractivity contribution >= 4 is 27.8 Å². The lowest BCUT2D eigenvalue weighted by atomic mass is 9.86. The minimum absolute atomic E-state index is 0.0338. The summed E-state index contributed by atoms with van der Waals surface area (Å²) in [6, 6.07) is 9.50. The van der Waals surface area contributed by atoms with Crippen molar-refractivity contribution in [3.05, 3.63) is 50.5 Å². The Bertz CT molecular complexity index is 544. The van der Waals surface area contributed by atoms with E-state index >= 15 is 0 Å². The summed E-state index contributed by atoms with van der Waals surface area (Å²) in [6.45, 7) is 0.360. The summed E-state index contributed by atoms with van der Waals surface area (Å²) in [7, 11) is 0. The number of carbonyl (C=O) groups excluding carboxylic acids is 1. The Kier molecular flexibility index (Phi) is 5.64. The monoisotopic (exact) mass is 353 g/mol. The van der Waals surface area contributed by atoms with E-state index in [1.807, 2.05) is 36.4 Å². The molecule has 1 aliphatic rings. The maximum Gasteiger partial charge on any atom is 0.211 e. The SMILES string of the molecule is O=C1CCOC[C@H]1[C@@H](C[N+](=O)[O-])/C(Br)=C/c1ccccc1. The van der Waals surface area contributed by atoms with Gasteiger partial charge in [-0.1, -0.05) is 46.3 Å². The van der Waals surface area contributed by atoms with E-state index in [1.165, 1.54) is 0 Å². The minimum Gasteiger partial charge on any atom is -0.380 e. The number of carbonyl (C=O) groups is 1. The Balaban J connectivity index is 2.24. The van der Waals surface area contributed by atoms with Crippen LogP contribution in [0.1, 0.15) is 12.0 Å². The van der Waals surface area contributed by atoms with Gasteiger partial charge in [0.15, 0.2) is 0 Å². The molecule has 0 aromatic heterocycles. The first-order valence-corrected chi connectivity index (χ1v) is 7.51. The quantitative estimate of drug-likeness (QED) is 0.602. The highest BCUT2D eigenvalue weighted by atomic mass is 79.9. The lowest BCUT2D eigenvalue weighted by molar-refractivity contribution is -0.487. The Morgan fingerprint density at radius 3 is 2.81 bits per heavy atom. The molecular weight excluding hydrogens is 338 g/mol. The van der Waals surface area contributed by atoms with E-state index in [4.69, 9.17) is 4.74 Å². The maximum atomic E-state index is 12.0. The normalized spacial score (nSPS) is 21.1. The van der Waals surface area contributed by atoms with E-state index in [9.17, 15) is 14.9 Å². The highest BCUT2D eigenvalue weighted by molar-refractivity contribution is 9.11. The predicted molar refractivity (Wildman–Crippen MR) is 82.6 cm³/mol. The van der Waals surface area contributed by atoms with Crippen LogP contribution in [0.2, 0.25) is 0 Å². The number of nitrogens with zero attached hydrogens (tertiary/aromatic N) is 1. The van der Waals surface area contributed by atoms with E-state index in [0.29, 0.717) is 17.5 Å². The maximum absolute atomic E-state index is 12.0. The number of hydrogen-bond acceptors (Lipinski definition) is 4. The van der Waals surface area contributed by atoms with Crippen LogP contribution in [-0.2, 0) is 9.53 Å².